The Morgan fingerprint density at radius 3 is 2.42 bits per heavy atom. The van der Waals surface area contributed by atoms with E-state index in [1.54, 1.807) is 12.1 Å². The van der Waals surface area contributed by atoms with Crippen LogP contribution in [-0.2, 0) is 0 Å². The van der Waals surface area contributed by atoms with Crippen LogP contribution in [0.2, 0.25) is 0 Å². The number of halogens is 1. The van der Waals surface area contributed by atoms with E-state index in [1.165, 1.54) is 6.07 Å². The van der Waals surface area contributed by atoms with Gasteiger partial charge in [0.2, 0.25) is 0 Å². The van der Waals surface area contributed by atoms with Crippen LogP contribution >= 0.6 is 0 Å². The second-order valence-electron chi connectivity index (χ2n) is 4.64. The molecule has 0 aliphatic rings. The normalized spacial score (nSPS) is 10.3. The monoisotopic (exact) mass is 254 g/mol. The predicted octanol–water partition coefficient (Wildman–Crippen LogP) is 4.56. The van der Waals surface area contributed by atoms with Crippen molar-refractivity contribution in [3.8, 4) is 6.07 Å². The molecule has 0 saturated heterocycles. The van der Waals surface area contributed by atoms with Gasteiger partial charge in [0, 0.05) is 5.69 Å². The Hall–Kier alpha value is -2.34. The smallest absolute Gasteiger partial charge is 0.143 e. The zero-order valence-electron chi connectivity index (χ0n) is 10.9. The maximum atomic E-state index is 13.5. The number of rotatable bonds is 3. The van der Waals surface area contributed by atoms with Crippen LogP contribution in [0.4, 0.5) is 15.8 Å². The molecule has 0 bridgehead atoms. The van der Waals surface area contributed by atoms with Crippen LogP contribution in [0.3, 0.4) is 0 Å². The first-order valence-corrected chi connectivity index (χ1v) is 6.18. The van der Waals surface area contributed by atoms with Crippen LogP contribution in [0.15, 0.2) is 42.5 Å². The summed E-state index contributed by atoms with van der Waals surface area (Å²) in [6.45, 7) is 4.19. The van der Waals surface area contributed by atoms with Gasteiger partial charge in [-0.15, -0.1) is 0 Å². The van der Waals surface area contributed by atoms with Gasteiger partial charge in [-0.3, -0.25) is 0 Å². The molecule has 0 amide bonds. The van der Waals surface area contributed by atoms with Crippen LogP contribution < -0.4 is 5.32 Å². The molecular formula is C16H15FN2. The van der Waals surface area contributed by atoms with Crippen molar-refractivity contribution in [3.63, 3.8) is 0 Å². The van der Waals surface area contributed by atoms with E-state index in [0.29, 0.717) is 11.6 Å². The molecule has 1 N–H and O–H groups in total. The highest BCUT2D eigenvalue weighted by Gasteiger charge is 2.10. The van der Waals surface area contributed by atoms with E-state index in [9.17, 15) is 4.39 Å². The summed E-state index contributed by atoms with van der Waals surface area (Å²) >= 11 is 0. The molecule has 0 atom stereocenters. The number of benzene rings is 2. The highest BCUT2D eigenvalue weighted by Crippen LogP contribution is 2.28. The molecule has 0 saturated carbocycles. The highest BCUT2D eigenvalue weighted by molar-refractivity contribution is 5.69. The van der Waals surface area contributed by atoms with Gasteiger partial charge in [0.25, 0.3) is 0 Å². The molecule has 19 heavy (non-hydrogen) atoms. The van der Waals surface area contributed by atoms with Crippen molar-refractivity contribution >= 4 is 11.4 Å². The first kappa shape index (κ1) is 13.1. The molecule has 0 heterocycles. The summed E-state index contributed by atoms with van der Waals surface area (Å²) in [5.74, 6) is -0.155. The molecular weight excluding hydrogens is 239 g/mol. The van der Waals surface area contributed by atoms with E-state index in [0.717, 1.165) is 11.3 Å². The van der Waals surface area contributed by atoms with Crippen LogP contribution in [-0.4, -0.2) is 0 Å². The van der Waals surface area contributed by atoms with Crippen molar-refractivity contribution in [3.05, 3.63) is 59.4 Å². The fraction of sp³-hybridized carbons (Fsp3) is 0.188. The Bertz CT molecular complexity index is 627. The number of anilines is 2. The minimum Gasteiger partial charge on any atom is -0.354 e. The Kier molecular flexibility index (Phi) is 3.82. The first-order chi connectivity index (χ1) is 9.13. The van der Waals surface area contributed by atoms with E-state index in [4.69, 9.17) is 5.26 Å². The summed E-state index contributed by atoms with van der Waals surface area (Å²) in [5.41, 5.74) is 2.58. The minimum absolute atomic E-state index is 0.0426. The van der Waals surface area contributed by atoms with Crippen molar-refractivity contribution in [1.82, 2.24) is 0 Å². The van der Waals surface area contributed by atoms with Gasteiger partial charge in [-0.1, -0.05) is 38.1 Å². The van der Waals surface area contributed by atoms with Gasteiger partial charge >= 0.3 is 0 Å². The van der Waals surface area contributed by atoms with Crippen molar-refractivity contribution in [2.75, 3.05) is 5.32 Å². The fourth-order valence-corrected chi connectivity index (χ4v) is 2.00. The van der Waals surface area contributed by atoms with E-state index < -0.39 is 5.82 Å². The summed E-state index contributed by atoms with van der Waals surface area (Å²) < 4.78 is 13.5. The number of hydrogen-bond donors (Lipinski definition) is 1. The molecule has 0 fully saturated rings. The van der Waals surface area contributed by atoms with E-state index in [1.807, 2.05) is 30.3 Å². The van der Waals surface area contributed by atoms with Gasteiger partial charge < -0.3 is 5.32 Å². The Balaban J connectivity index is 2.43. The fourth-order valence-electron chi connectivity index (χ4n) is 2.00. The van der Waals surface area contributed by atoms with Crippen LogP contribution in [0, 0.1) is 17.1 Å². The van der Waals surface area contributed by atoms with Crippen molar-refractivity contribution in [2.45, 2.75) is 19.8 Å². The first-order valence-electron chi connectivity index (χ1n) is 6.18. The molecule has 2 aromatic rings. The molecule has 2 rings (SSSR count). The number of para-hydroxylation sites is 1. The molecule has 0 aliphatic heterocycles. The topological polar surface area (TPSA) is 35.8 Å². The van der Waals surface area contributed by atoms with Crippen molar-refractivity contribution < 1.29 is 4.39 Å². The van der Waals surface area contributed by atoms with Crippen molar-refractivity contribution in [2.24, 2.45) is 0 Å². The number of nitriles is 1. The summed E-state index contributed by atoms with van der Waals surface area (Å²) in [7, 11) is 0. The van der Waals surface area contributed by atoms with E-state index >= 15 is 0 Å². The zero-order valence-corrected chi connectivity index (χ0v) is 10.9. The van der Waals surface area contributed by atoms with Crippen LogP contribution in [0.5, 0.6) is 0 Å². The highest BCUT2D eigenvalue weighted by atomic mass is 19.1. The zero-order chi connectivity index (χ0) is 13.8. The van der Waals surface area contributed by atoms with Gasteiger partial charge in [-0.05, 0) is 29.7 Å². The Labute approximate surface area is 112 Å². The second-order valence-corrected chi connectivity index (χ2v) is 4.64. The second kappa shape index (κ2) is 5.53. The van der Waals surface area contributed by atoms with Gasteiger partial charge in [-0.25, -0.2) is 4.39 Å². The average molecular weight is 254 g/mol. The lowest BCUT2D eigenvalue weighted by Crippen LogP contribution is -2.00. The van der Waals surface area contributed by atoms with Crippen LogP contribution in [0.1, 0.15) is 30.9 Å². The van der Waals surface area contributed by atoms with Crippen molar-refractivity contribution in [1.29, 1.82) is 5.26 Å². The molecule has 2 nitrogen and oxygen atoms in total. The largest absolute Gasteiger partial charge is 0.354 e. The molecule has 0 aliphatic carbocycles. The average Bonchev–Trinajstić information content (AvgIpc) is 2.39. The van der Waals surface area contributed by atoms with E-state index in [2.05, 4.69) is 19.2 Å². The molecule has 2 aromatic carbocycles. The van der Waals surface area contributed by atoms with Gasteiger partial charge in [-0.2, -0.15) is 5.26 Å². The lowest BCUT2D eigenvalue weighted by molar-refractivity contribution is 0.624. The number of hydrogen-bond acceptors (Lipinski definition) is 2. The lowest BCUT2D eigenvalue weighted by atomic mass is 10.0. The third-order valence-electron chi connectivity index (χ3n) is 2.98. The Morgan fingerprint density at radius 2 is 1.74 bits per heavy atom. The molecule has 96 valence electrons. The molecule has 0 unspecified atom stereocenters. The standard InChI is InChI=1S/C16H15FN2/c1-11(2)12-6-3-4-8-15(12)19-16-9-5-7-14(17)13(16)10-18/h3-9,11,19H,1-2H3. The minimum atomic E-state index is -0.505. The molecule has 3 heteroatoms. The maximum absolute atomic E-state index is 13.5. The van der Waals surface area contributed by atoms with E-state index in [-0.39, 0.29) is 5.56 Å². The summed E-state index contributed by atoms with van der Waals surface area (Å²) in [4.78, 5) is 0. The quantitative estimate of drug-likeness (QED) is 0.871. The summed E-state index contributed by atoms with van der Waals surface area (Å²) in [6, 6.07) is 14.3. The SMILES string of the molecule is CC(C)c1ccccc1Nc1cccc(F)c1C#N. The van der Waals surface area contributed by atoms with Crippen LogP contribution in [0.25, 0.3) is 0 Å². The lowest BCUT2D eigenvalue weighted by Gasteiger charge is -2.15. The molecule has 0 spiro atoms. The third kappa shape index (κ3) is 2.74. The predicted molar refractivity (Wildman–Crippen MR) is 74.9 cm³/mol. The van der Waals surface area contributed by atoms with Gasteiger partial charge in [0.05, 0.1) is 5.69 Å². The summed E-state index contributed by atoms with van der Waals surface area (Å²) in [5, 5.41) is 12.2. The maximum Gasteiger partial charge on any atom is 0.143 e. The van der Waals surface area contributed by atoms with Gasteiger partial charge in [0.1, 0.15) is 17.4 Å². The number of nitrogens with zero attached hydrogens (tertiary/aromatic N) is 1. The van der Waals surface area contributed by atoms with Gasteiger partial charge in [0.15, 0.2) is 0 Å². The molecule has 0 radical (unpaired) electrons. The number of nitrogens with one attached hydrogen (secondary N) is 1. The molecule has 0 aromatic heterocycles. The third-order valence-corrected chi connectivity index (χ3v) is 2.98. The summed E-state index contributed by atoms with van der Waals surface area (Å²) in [6.07, 6.45) is 0. The Morgan fingerprint density at radius 1 is 1.05 bits per heavy atom.